The Balaban J connectivity index is 1.90. The first-order valence-electron chi connectivity index (χ1n) is 7.63. The van der Waals surface area contributed by atoms with Crippen molar-refractivity contribution < 1.29 is 14.2 Å². The zero-order valence-corrected chi connectivity index (χ0v) is 12.6. The molecule has 0 aromatic carbocycles. The number of rotatable bonds is 10. The average molecular weight is 287 g/mol. The third-order valence-corrected chi connectivity index (χ3v) is 3.08. The van der Waals surface area contributed by atoms with Crippen LogP contribution < -0.4 is 11.1 Å². The van der Waals surface area contributed by atoms with Crippen LogP contribution in [0.5, 0.6) is 0 Å². The summed E-state index contributed by atoms with van der Waals surface area (Å²) in [6.45, 7) is 7.39. The van der Waals surface area contributed by atoms with E-state index in [9.17, 15) is 0 Å². The monoisotopic (exact) mass is 287 g/mol. The minimum atomic E-state index is 0.369. The molecular formula is C14H29N3O3. The van der Waals surface area contributed by atoms with E-state index in [1.54, 1.807) is 0 Å². The Kier molecular flexibility index (Phi) is 10.3. The zero-order chi connectivity index (χ0) is 14.5. The molecule has 6 heteroatoms. The molecule has 0 amide bonds. The number of nitrogens with one attached hydrogen (secondary N) is 1. The minimum absolute atomic E-state index is 0.369. The smallest absolute Gasteiger partial charge is 0.188 e. The highest BCUT2D eigenvalue weighted by atomic mass is 16.5. The molecule has 1 aliphatic heterocycles. The summed E-state index contributed by atoms with van der Waals surface area (Å²) >= 11 is 0. The zero-order valence-electron chi connectivity index (χ0n) is 12.6. The Morgan fingerprint density at radius 1 is 1.30 bits per heavy atom. The van der Waals surface area contributed by atoms with Crippen LogP contribution >= 0.6 is 0 Å². The van der Waals surface area contributed by atoms with Crippen molar-refractivity contribution >= 4 is 5.96 Å². The molecule has 0 spiro atoms. The van der Waals surface area contributed by atoms with Crippen molar-refractivity contribution in [1.82, 2.24) is 5.32 Å². The summed E-state index contributed by atoms with van der Waals surface area (Å²) in [7, 11) is 0. The molecule has 3 N–H and O–H groups in total. The number of guanidine groups is 1. The van der Waals surface area contributed by atoms with Crippen LogP contribution in [0.3, 0.4) is 0 Å². The van der Waals surface area contributed by atoms with E-state index >= 15 is 0 Å². The standard InChI is InChI=1S/C14H29N3O3/c1-2-18-9-3-7-16-14(15)17-8-4-10-20-13-5-11-19-12-6-13/h13H,2-12H2,1H3,(H3,15,16,17). The topological polar surface area (TPSA) is 78.1 Å². The Hall–Kier alpha value is -0.850. The Labute approximate surface area is 122 Å². The van der Waals surface area contributed by atoms with Crippen molar-refractivity contribution in [3.05, 3.63) is 0 Å². The van der Waals surface area contributed by atoms with Gasteiger partial charge in [-0.3, -0.25) is 4.99 Å². The number of nitrogens with zero attached hydrogens (tertiary/aromatic N) is 1. The molecule has 0 aromatic heterocycles. The summed E-state index contributed by atoms with van der Waals surface area (Å²) in [5.74, 6) is 0.507. The van der Waals surface area contributed by atoms with Gasteiger partial charge in [0.25, 0.3) is 0 Å². The number of nitrogens with two attached hydrogens (primary N) is 1. The lowest BCUT2D eigenvalue weighted by atomic mass is 10.1. The lowest BCUT2D eigenvalue weighted by Crippen LogP contribution is -2.33. The van der Waals surface area contributed by atoms with Crippen LogP contribution in [0.2, 0.25) is 0 Å². The van der Waals surface area contributed by atoms with Crippen molar-refractivity contribution in [2.24, 2.45) is 10.7 Å². The van der Waals surface area contributed by atoms with Crippen LogP contribution in [0, 0.1) is 0 Å². The van der Waals surface area contributed by atoms with Crippen LogP contribution in [0.4, 0.5) is 0 Å². The molecule has 118 valence electrons. The third kappa shape index (κ3) is 9.12. The number of hydrogen-bond acceptors (Lipinski definition) is 4. The second-order valence-corrected chi connectivity index (χ2v) is 4.78. The van der Waals surface area contributed by atoms with Gasteiger partial charge in [-0.1, -0.05) is 0 Å². The van der Waals surface area contributed by atoms with Gasteiger partial charge in [0.1, 0.15) is 0 Å². The summed E-state index contributed by atoms with van der Waals surface area (Å²) < 4.78 is 16.3. The summed E-state index contributed by atoms with van der Waals surface area (Å²) in [5.41, 5.74) is 5.75. The maximum atomic E-state index is 5.77. The summed E-state index contributed by atoms with van der Waals surface area (Å²) in [6, 6.07) is 0. The Bertz CT molecular complexity index is 256. The van der Waals surface area contributed by atoms with Gasteiger partial charge in [0.05, 0.1) is 6.10 Å². The molecule has 6 nitrogen and oxygen atoms in total. The number of hydrogen-bond donors (Lipinski definition) is 2. The van der Waals surface area contributed by atoms with E-state index < -0.39 is 0 Å². The molecule has 1 rings (SSSR count). The van der Waals surface area contributed by atoms with Gasteiger partial charge in [0.2, 0.25) is 0 Å². The van der Waals surface area contributed by atoms with Gasteiger partial charge in [-0.05, 0) is 32.6 Å². The normalized spacial score (nSPS) is 17.4. The van der Waals surface area contributed by atoms with Gasteiger partial charge in [0, 0.05) is 46.1 Å². The lowest BCUT2D eigenvalue weighted by Gasteiger charge is -2.22. The third-order valence-electron chi connectivity index (χ3n) is 3.08. The average Bonchev–Trinajstić information content (AvgIpc) is 2.48. The van der Waals surface area contributed by atoms with E-state index in [0.717, 1.165) is 65.3 Å². The van der Waals surface area contributed by atoms with Crippen LogP contribution in [-0.4, -0.2) is 58.2 Å². The summed E-state index contributed by atoms with van der Waals surface area (Å²) in [5, 5.41) is 3.09. The van der Waals surface area contributed by atoms with E-state index in [1.165, 1.54) is 0 Å². The molecule has 1 saturated heterocycles. The molecule has 0 atom stereocenters. The van der Waals surface area contributed by atoms with E-state index in [-0.39, 0.29) is 0 Å². The van der Waals surface area contributed by atoms with Crippen molar-refractivity contribution in [3.8, 4) is 0 Å². The predicted octanol–water partition coefficient (Wildman–Crippen LogP) is 0.903. The van der Waals surface area contributed by atoms with E-state index in [2.05, 4.69) is 10.3 Å². The molecule has 0 radical (unpaired) electrons. The second kappa shape index (κ2) is 11.9. The van der Waals surface area contributed by atoms with Crippen LogP contribution in [-0.2, 0) is 14.2 Å². The molecular weight excluding hydrogens is 258 g/mol. The SMILES string of the molecule is CCOCCCN=C(N)NCCCOC1CCOCC1. The van der Waals surface area contributed by atoms with Gasteiger partial charge in [-0.15, -0.1) is 0 Å². The maximum absolute atomic E-state index is 5.77. The molecule has 1 aliphatic rings. The van der Waals surface area contributed by atoms with Crippen LogP contribution in [0.15, 0.2) is 4.99 Å². The largest absolute Gasteiger partial charge is 0.382 e. The van der Waals surface area contributed by atoms with Crippen LogP contribution in [0.25, 0.3) is 0 Å². The Morgan fingerprint density at radius 3 is 2.85 bits per heavy atom. The predicted molar refractivity (Wildman–Crippen MR) is 80.0 cm³/mol. The van der Waals surface area contributed by atoms with Gasteiger partial charge in [-0.25, -0.2) is 0 Å². The van der Waals surface area contributed by atoms with E-state index in [4.69, 9.17) is 19.9 Å². The fourth-order valence-electron chi connectivity index (χ4n) is 1.95. The quantitative estimate of drug-likeness (QED) is 0.355. The second-order valence-electron chi connectivity index (χ2n) is 4.78. The number of aliphatic imine (C=N–C) groups is 1. The highest BCUT2D eigenvalue weighted by Gasteiger charge is 2.13. The minimum Gasteiger partial charge on any atom is -0.382 e. The summed E-state index contributed by atoms with van der Waals surface area (Å²) in [6.07, 6.45) is 4.23. The first kappa shape index (κ1) is 17.2. The van der Waals surface area contributed by atoms with Gasteiger partial charge in [0.15, 0.2) is 5.96 Å². The van der Waals surface area contributed by atoms with Crippen LogP contribution in [0.1, 0.15) is 32.6 Å². The molecule has 0 saturated carbocycles. The molecule has 0 unspecified atom stereocenters. The van der Waals surface area contributed by atoms with Crippen molar-refractivity contribution in [1.29, 1.82) is 0 Å². The van der Waals surface area contributed by atoms with Gasteiger partial charge in [-0.2, -0.15) is 0 Å². The van der Waals surface area contributed by atoms with E-state index in [1.807, 2.05) is 6.92 Å². The fraction of sp³-hybridized carbons (Fsp3) is 0.929. The lowest BCUT2D eigenvalue weighted by molar-refractivity contribution is -0.0320. The van der Waals surface area contributed by atoms with E-state index in [0.29, 0.717) is 18.6 Å². The number of ether oxygens (including phenoxy) is 3. The first-order valence-corrected chi connectivity index (χ1v) is 7.63. The first-order chi connectivity index (χ1) is 9.83. The summed E-state index contributed by atoms with van der Waals surface area (Å²) in [4.78, 5) is 4.23. The van der Waals surface area contributed by atoms with Gasteiger partial charge >= 0.3 is 0 Å². The van der Waals surface area contributed by atoms with Crippen molar-refractivity contribution in [2.45, 2.75) is 38.7 Å². The fourth-order valence-corrected chi connectivity index (χ4v) is 1.95. The van der Waals surface area contributed by atoms with Crippen molar-refractivity contribution in [2.75, 3.05) is 46.1 Å². The highest BCUT2D eigenvalue weighted by molar-refractivity contribution is 5.77. The molecule has 20 heavy (non-hydrogen) atoms. The molecule has 1 fully saturated rings. The van der Waals surface area contributed by atoms with Gasteiger partial charge < -0.3 is 25.3 Å². The molecule has 0 aliphatic carbocycles. The maximum Gasteiger partial charge on any atom is 0.188 e. The molecule has 0 bridgehead atoms. The van der Waals surface area contributed by atoms with Crippen molar-refractivity contribution in [3.63, 3.8) is 0 Å². The molecule has 1 heterocycles. The highest BCUT2D eigenvalue weighted by Crippen LogP contribution is 2.10. The molecule has 0 aromatic rings. The Morgan fingerprint density at radius 2 is 2.10 bits per heavy atom.